The van der Waals surface area contributed by atoms with Crippen LogP contribution in [0.3, 0.4) is 0 Å². The van der Waals surface area contributed by atoms with Gasteiger partial charge in [0.25, 0.3) is 5.91 Å². The Kier molecular flexibility index (Phi) is 6.29. The van der Waals surface area contributed by atoms with Crippen LogP contribution >= 0.6 is 0 Å². The number of nitrogens with zero attached hydrogens (tertiary/aromatic N) is 2. The quantitative estimate of drug-likeness (QED) is 0.649. The second-order valence-corrected chi connectivity index (χ2v) is 8.92. The molecule has 0 saturated heterocycles. The molecule has 2 aromatic carbocycles. The lowest BCUT2D eigenvalue weighted by molar-refractivity contribution is 0.0953. The maximum Gasteiger partial charge on any atom is 0.251 e. The molecule has 0 spiro atoms. The van der Waals surface area contributed by atoms with Crippen molar-refractivity contribution in [3.05, 3.63) is 90.3 Å². The standard InChI is InChI=1S/C22H23N3O3S/c1-25(2)19-10-6-8-17(14-19)22(26)24-16-21(18-9-7-13-23-15-18)29(27,28)20-11-4-3-5-12-20/h3-15,21H,16H2,1-2H3,(H,24,26). The molecule has 150 valence electrons. The Morgan fingerprint density at radius 2 is 1.79 bits per heavy atom. The molecule has 1 atom stereocenters. The maximum absolute atomic E-state index is 13.2. The van der Waals surface area contributed by atoms with E-state index in [1.165, 1.54) is 6.20 Å². The third kappa shape index (κ3) is 4.81. The third-order valence-corrected chi connectivity index (χ3v) is 6.69. The zero-order valence-corrected chi connectivity index (χ0v) is 17.1. The Hall–Kier alpha value is -3.19. The number of amides is 1. The molecule has 0 aliphatic rings. The molecule has 1 unspecified atom stereocenters. The van der Waals surface area contributed by atoms with Crippen molar-refractivity contribution in [2.75, 3.05) is 25.5 Å². The topological polar surface area (TPSA) is 79.4 Å². The number of hydrogen-bond acceptors (Lipinski definition) is 5. The van der Waals surface area contributed by atoms with Crippen molar-refractivity contribution in [1.29, 1.82) is 0 Å². The summed E-state index contributed by atoms with van der Waals surface area (Å²) in [5.41, 5.74) is 1.88. The minimum Gasteiger partial charge on any atom is -0.378 e. The van der Waals surface area contributed by atoms with Gasteiger partial charge in [0, 0.05) is 44.3 Å². The fraction of sp³-hybridized carbons (Fsp3) is 0.182. The summed E-state index contributed by atoms with van der Waals surface area (Å²) in [4.78, 5) is 18.8. The first-order chi connectivity index (χ1) is 13.9. The van der Waals surface area contributed by atoms with E-state index in [2.05, 4.69) is 10.3 Å². The molecular weight excluding hydrogens is 386 g/mol. The summed E-state index contributed by atoms with van der Waals surface area (Å²) >= 11 is 0. The molecule has 7 heteroatoms. The van der Waals surface area contributed by atoms with E-state index in [1.807, 2.05) is 25.1 Å². The van der Waals surface area contributed by atoms with Gasteiger partial charge in [-0.3, -0.25) is 9.78 Å². The van der Waals surface area contributed by atoms with Crippen LogP contribution < -0.4 is 10.2 Å². The van der Waals surface area contributed by atoms with Gasteiger partial charge in [0.2, 0.25) is 0 Å². The molecule has 0 bridgehead atoms. The maximum atomic E-state index is 13.2. The van der Waals surface area contributed by atoms with Crippen molar-refractivity contribution in [1.82, 2.24) is 10.3 Å². The second-order valence-electron chi connectivity index (χ2n) is 6.79. The number of nitrogens with one attached hydrogen (secondary N) is 1. The van der Waals surface area contributed by atoms with Gasteiger partial charge in [-0.2, -0.15) is 0 Å². The van der Waals surface area contributed by atoms with Crippen molar-refractivity contribution >= 4 is 21.4 Å². The number of aromatic nitrogens is 1. The van der Waals surface area contributed by atoms with Crippen molar-refractivity contribution in [2.24, 2.45) is 0 Å². The summed E-state index contributed by atoms with van der Waals surface area (Å²) in [5.74, 6) is -0.328. The average molecular weight is 410 g/mol. The second kappa shape index (κ2) is 8.87. The molecule has 1 heterocycles. The molecule has 29 heavy (non-hydrogen) atoms. The Morgan fingerprint density at radius 3 is 2.45 bits per heavy atom. The summed E-state index contributed by atoms with van der Waals surface area (Å²) in [6.07, 6.45) is 3.10. The number of pyridine rings is 1. The Morgan fingerprint density at radius 1 is 1.03 bits per heavy atom. The predicted molar refractivity (Wildman–Crippen MR) is 114 cm³/mol. The number of hydrogen-bond donors (Lipinski definition) is 1. The summed E-state index contributed by atoms with van der Waals surface area (Å²) in [6.45, 7) is -0.0616. The molecule has 3 rings (SSSR count). The molecule has 6 nitrogen and oxygen atoms in total. The zero-order chi connectivity index (χ0) is 20.9. The molecule has 0 aliphatic heterocycles. The van der Waals surface area contributed by atoms with Gasteiger partial charge in [-0.25, -0.2) is 8.42 Å². The van der Waals surface area contributed by atoms with Crippen LogP contribution in [0.4, 0.5) is 5.69 Å². The van der Waals surface area contributed by atoms with Crippen molar-refractivity contribution < 1.29 is 13.2 Å². The van der Waals surface area contributed by atoms with Crippen LogP contribution in [0, 0.1) is 0 Å². The van der Waals surface area contributed by atoms with Gasteiger partial charge in [-0.05, 0) is 42.0 Å². The van der Waals surface area contributed by atoms with E-state index >= 15 is 0 Å². The molecule has 0 saturated carbocycles. The Bertz CT molecular complexity index is 1070. The zero-order valence-electron chi connectivity index (χ0n) is 16.3. The molecule has 3 aromatic rings. The number of carbonyl (C=O) groups excluding carboxylic acids is 1. The van der Waals surface area contributed by atoms with E-state index in [4.69, 9.17) is 0 Å². The fourth-order valence-corrected chi connectivity index (χ4v) is 4.63. The first-order valence-corrected chi connectivity index (χ1v) is 10.7. The van der Waals surface area contributed by atoms with Gasteiger partial charge in [0.1, 0.15) is 5.25 Å². The number of sulfone groups is 1. The Balaban J connectivity index is 1.87. The third-order valence-electron chi connectivity index (χ3n) is 4.58. The Labute approximate surface area is 171 Å². The first-order valence-electron chi connectivity index (χ1n) is 9.14. The van der Waals surface area contributed by atoms with Crippen LogP contribution in [0.2, 0.25) is 0 Å². The average Bonchev–Trinajstić information content (AvgIpc) is 2.75. The van der Waals surface area contributed by atoms with E-state index in [-0.39, 0.29) is 17.3 Å². The highest BCUT2D eigenvalue weighted by atomic mass is 32.2. The van der Waals surface area contributed by atoms with Gasteiger partial charge in [-0.15, -0.1) is 0 Å². The largest absolute Gasteiger partial charge is 0.378 e. The van der Waals surface area contributed by atoms with Crippen molar-refractivity contribution in [3.63, 3.8) is 0 Å². The fourth-order valence-electron chi connectivity index (χ4n) is 2.96. The van der Waals surface area contributed by atoms with Gasteiger partial charge in [0.15, 0.2) is 9.84 Å². The number of anilines is 1. The summed E-state index contributed by atoms with van der Waals surface area (Å²) in [6, 6.07) is 18.8. The summed E-state index contributed by atoms with van der Waals surface area (Å²) in [5, 5.41) is 1.83. The molecular formula is C22H23N3O3S. The van der Waals surface area contributed by atoms with E-state index < -0.39 is 15.1 Å². The van der Waals surface area contributed by atoms with Crippen LogP contribution in [0.5, 0.6) is 0 Å². The highest BCUT2D eigenvalue weighted by molar-refractivity contribution is 7.91. The molecule has 1 N–H and O–H groups in total. The number of benzene rings is 2. The van der Waals surface area contributed by atoms with E-state index in [0.29, 0.717) is 11.1 Å². The van der Waals surface area contributed by atoms with Crippen LogP contribution in [0.25, 0.3) is 0 Å². The lowest BCUT2D eigenvalue weighted by Gasteiger charge is -2.19. The SMILES string of the molecule is CN(C)c1cccc(C(=O)NCC(c2cccnc2)S(=O)(=O)c2ccccc2)c1. The van der Waals surface area contributed by atoms with Gasteiger partial charge in [0.05, 0.1) is 4.90 Å². The summed E-state index contributed by atoms with van der Waals surface area (Å²) in [7, 11) is 0.0650. The predicted octanol–water partition coefficient (Wildman–Crippen LogP) is 3.09. The smallest absolute Gasteiger partial charge is 0.251 e. The lowest BCUT2D eigenvalue weighted by atomic mass is 10.1. The highest BCUT2D eigenvalue weighted by Gasteiger charge is 2.29. The van der Waals surface area contributed by atoms with Crippen LogP contribution in [-0.4, -0.2) is 39.9 Å². The molecule has 0 radical (unpaired) electrons. The van der Waals surface area contributed by atoms with Gasteiger partial charge >= 0.3 is 0 Å². The van der Waals surface area contributed by atoms with Crippen LogP contribution in [0.15, 0.2) is 84.0 Å². The minimum absolute atomic E-state index is 0.0616. The highest BCUT2D eigenvalue weighted by Crippen LogP contribution is 2.28. The van der Waals surface area contributed by atoms with Gasteiger partial charge < -0.3 is 10.2 Å². The van der Waals surface area contributed by atoms with Crippen LogP contribution in [0.1, 0.15) is 21.2 Å². The normalized spacial score (nSPS) is 12.2. The molecule has 0 aliphatic carbocycles. The van der Waals surface area contributed by atoms with Crippen molar-refractivity contribution in [2.45, 2.75) is 10.1 Å². The first kappa shape index (κ1) is 20.5. The van der Waals surface area contributed by atoms with Gasteiger partial charge in [-0.1, -0.05) is 30.3 Å². The van der Waals surface area contributed by atoms with E-state index in [0.717, 1.165) is 5.69 Å². The summed E-state index contributed by atoms with van der Waals surface area (Å²) < 4.78 is 26.5. The number of rotatable bonds is 7. The van der Waals surface area contributed by atoms with Crippen molar-refractivity contribution in [3.8, 4) is 0 Å². The van der Waals surface area contributed by atoms with E-state index in [9.17, 15) is 13.2 Å². The molecule has 0 fully saturated rings. The minimum atomic E-state index is -3.72. The molecule has 1 amide bonds. The van der Waals surface area contributed by atoms with E-state index in [1.54, 1.807) is 66.9 Å². The monoisotopic (exact) mass is 409 g/mol. The number of carbonyl (C=O) groups is 1. The van der Waals surface area contributed by atoms with Crippen LogP contribution in [-0.2, 0) is 9.84 Å². The molecule has 1 aromatic heterocycles. The lowest BCUT2D eigenvalue weighted by Crippen LogP contribution is -2.32.